The van der Waals surface area contributed by atoms with Gasteiger partial charge in [-0.15, -0.1) is 40.5 Å². The molecule has 0 fully saturated rings. The summed E-state index contributed by atoms with van der Waals surface area (Å²) in [5.74, 6) is 1.90. The van der Waals surface area contributed by atoms with Crippen LogP contribution in [0.3, 0.4) is 0 Å². The van der Waals surface area contributed by atoms with Crippen molar-refractivity contribution < 1.29 is 34.4 Å². The molecule has 0 saturated carbocycles. The predicted molar refractivity (Wildman–Crippen MR) is 236 cm³/mol. The van der Waals surface area contributed by atoms with Gasteiger partial charge < -0.3 is 9.52 Å². The Hall–Kier alpha value is -3.57. The standard InChI is InChI=1S/C35H34NOS.C15H28O2.Ir/c1-20(2)16-27-22(4)37-30-13-12-24(18-28(27)30)34-21(3)32-31(38-34)14-15-36-33(32)25-17-23-10-8-9-11-26(23)29(19-25)35(5,6)7;1-7-14(5,8-2)12(16)11-13(17)15(6,9-3)10-4;/h8-15,18-20H,16H2,1-7H3;11,16H,7-10H2,1-6H3;/q-1;;/b;12-11-;. The van der Waals surface area contributed by atoms with Gasteiger partial charge in [0.1, 0.15) is 17.1 Å². The van der Waals surface area contributed by atoms with E-state index < -0.39 is 0 Å². The molecule has 1 radical (unpaired) electrons. The Kier molecular flexibility index (Phi) is 14.4. The number of hydrogen-bond donors (Lipinski definition) is 1. The van der Waals surface area contributed by atoms with E-state index >= 15 is 0 Å². The monoisotopic (exact) mass is 949 g/mol. The summed E-state index contributed by atoms with van der Waals surface area (Å²) in [4.78, 5) is 18.4. The number of aliphatic hydroxyl groups excluding tert-OH is 1. The fourth-order valence-electron chi connectivity index (χ4n) is 7.41. The quantitative estimate of drug-likeness (QED) is 0.0798. The molecule has 0 aliphatic carbocycles. The molecule has 3 aromatic heterocycles. The van der Waals surface area contributed by atoms with Crippen LogP contribution in [0.1, 0.15) is 124 Å². The minimum atomic E-state index is -0.337. The van der Waals surface area contributed by atoms with Crippen LogP contribution < -0.4 is 0 Å². The summed E-state index contributed by atoms with van der Waals surface area (Å²) in [6.07, 6.45) is 7.72. The SMILES string of the molecule is CCC(C)(CC)C(=O)/C=C(\O)C(C)(CC)CC.Cc1oc2ccc(-c3sc4ccnc(-c5[c-]c6ccccc6c(C(C)(C)C)c5)c4c3C)cc2c1CC(C)C.[Ir]. The maximum Gasteiger partial charge on any atom is 0.164 e. The maximum atomic E-state index is 12.2. The van der Waals surface area contributed by atoms with E-state index in [0.717, 1.165) is 60.1 Å². The van der Waals surface area contributed by atoms with E-state index in [1.807, 2.05) is 59.1 Å². The van der Waals surface area contributed by atoms with Gasteiger partial charge in [-0.3, -0.25) is 9.78 Å². The summed E-state index contributed by atoms with van der Waals surface area (Å²) in [6, 6.07) is 23.4. The van der Waals surface area contributed by atoms with E-state index in [-0.39, 0.29) is 47.9 Å². The summed E-state index contributed by atoms with van der Waals surface area (Å²) in [7, 11) is 0. The Bertz CT molecular complexity index is 2340. The number of nitrogens with zero attached hydrogens (tertiary/aromatic N) is 1. The third kappa shape index (κ3) is 9.09. The average Bonchev–Trinajstić information content (AvgIpc) is 3.67. The van der Waals surface area contributed by atoms with E-state index in [1.165, 1.54) is 54.1 Å². The first-order valence-corrected chi connectivity index (χ1v) is 21.0. The number of aliphatic hydroxyl groups is 1. The van der Waals surface area contributed by atoms with Crippen LogP contribution in [0.15, 0.2) is 77.0 Å². The minimum Gasteiger partial charge on any atom is -0.512 e. The van der Waals surface area contributed by atoms with Crippen LogP contribution in [0.25, 0.3) is 53.5 Å². The van der Waals surface area contributed by atoms with Crippen molar-refractivity contribution in [2.24, 2.45) is 16.7 Å². The van der Waals surface area contributed by atoms with E-state index in [1.54, 1.807) is 0 Å². The Labute approximate surface area is 353 Å². The molecule has 0 spiro atoms. The molecule has 6 aromatic rings. The topological polar surface area (TPSA) is 63.3 Å². The molecule has 6 rings (SSSR count). The molecule has 0 saturated heterocycles. The normalized spacial score (nSPS) is 12.6. The van der Waals surface area contributed by atoms with Gasteiger partial charge in [-0.05, 0) is 98.1 Å². The smallest absolute Gasteiger partial charge is 0.164 e. The molecule has 301 valence electrons. The zero-order valence-electron chi connectivity index (χ0n) is 35.9. The Morgan fingerprint density at radius 1 is 0.893 bits per heavy atom. The van der Waals surface area contributed by atoms with Gasteiger partial charge in [-0.1, -0.05) is 105 Å². The third-order valence-electron chi connectivity index (χ3n) is 12.1. The van der Waals surface area contributed by atoms with Crippen LogP contribution in [0.2, 0.25) is 0 Å². The maximum absolute atomic E-state index is 12.2. The molecule has 0 bridgehead atoms. The summed E-state index contributed by atoms with van der Waals surface area (Å²) >= 11 is 1.85. The molecule has 3 heterocycles. The molecule has 0 atom stereocenters. The van der Waals surface area contributed by atoms with Gasteiger partial charge in [-0.2, -0.15) is 0 Å². The fraction of sp³-hybridized carbons (Fsp3) is 0.440. The molecule has 0 amide bonds. The molecular weight excluding hydrogens is 887 g/mol. The number of benzene rings is 3. The number of rotatable bonds is 11. The van der Waals surface area contributed by atoms with Crippen LogP contribution in [-0.4, -0.2) is 15.9 Å². The van der Waals surface area contributed by atoms with Crippen molar-refractivity contribution in [2.75, 3.05) is 0 Å². The number of furan rings is 1. The first-order chi connectivity index (χ1) is 25.9. The number of aromatic nitrogens is 1. The zero-order chi connectivity index (χ0) is 40.5. The molecule has 0 aliphatic heterocycles. The van der Waals surface area contributed by atoms with Crippen LogP contribution in [0.4, 0.5) is 0 Å². The van der Waals surface area contributed by atoms with Crippen molar-refractivity contribution in [3.8, 4) is 21.7 Å². The second kappa shape index (κ2) is 17.9. The fourth-order valence-corrected chi connectivity index (χ4v) is 8.61. The number of hydrogen-bond acceptors (Lipinski definition) is 5. The Morgan fingerprint density at radius 3 is 2.14 bits per heavy atom. The van der Waals surface area contributed by atoms with Crippen molar-refractivity contribution >= 4 is 48.9 Å². The van der Waals surface area contributed by atoms with Gasteiger partial charge in [0.25, 0.3) is 0 Å². The van der Waals surface area contributed by atoms with Crippen molar-refractivity contribution in [1.82, 2.24) is 4.98 Å². The Morgan fingerprint density at radius 2 is 1.54 bits per heavy atom. The largest absolute Gasteiger partial charge is 0.512 e. The van der Waals surface area contributed by atoms with Crippen molar-refractivity contribution in [3.63, 3.8) is 0 Å². The molecule has 56 heavy (non-hydrogen) atoms. The molecular formula is C50H62IrNO3S-. The van der Waals surface area contributed by atoms with Crippen molar-refractivity contribution in [1.29, 1.82) is 0 Å². The summed E-state index contributed by atoms with van der Waals surface area (Å²) in [6.45, 7) is 27.8. The minimum absolute atomic E-state index is 0. The molecule has 1 N–H and O–H groups in total. The zero-order valence-corrected chi connectivity index (χ0v) is 39.1. The predicted octanol–water partition coefficient (Wildman–Crippen LogP) is 15.1. The summed E-state index contributed by atoms with van der Waals surface area (Å²) in [5, 5.41) is 15.0. The van der Waals surface area contributed by atoms with Crippen molar-refractivity contribution in [2.45, 2.75) is 128 Å². The van der Waals surface area contributed by atoms with Crippen molar-refractivity contribution in [3.05, 3.63) is 101 Å². The van der Waals surface area contributed by atoms with Crippen LogP contribution in [0.5, 0.6) is 0 Å². The van der Waals surface area contributed by atoms with Gasteiger partial charge in [0, 0.05) is 69.4 Å². The number of ketones is 1. The van der Waals surface area contributed by atoms with Crippen LogP contribution >= 0.6 is 11.3 Å². The van der Waals surface area contributed by atoms with Gasteiger partial charge in [-0.25, -0.2) is 0 Å². The number of pyridine rings is 1. The van der Waals surface area contributed by atoms with E-state index in [2.05, 4.69) is 109 Å². The van der Waals surface area contributed by atoms with E-state index in [0.29, 0.717) is 5.92 Å². The van der Waals surface area contributed by atoms with Gasteiger partial charge in [0.2, 0.25) is 0 Å². The molecule has 0 unspecified atom stereocenters. The number of fused-ring (bicyclic) bond motifs is 3. The molecule has 6 heteroatoms. The molecule has 0 aliphatic rings. The van der Waals surface area contributed by atoms with Gasteiger partial charge in [0.05, 0.1) is 0 Å². The van der Waals surface area contributed by atoms with E-state index in [9.17, 15) is 9.90 Å². The van der Waals surface area contributed by atoms with Crippen LogP contribution in [0, 0.1) is 36.7 Å². The second-order valence-corrected chi connectivity index (χ2v) is 18.4. The number of carbonyl (C=O) groups excluding carboxylic acids is 1. The average molecular weight is 949 g/mol. The first kappa shape index (κ1) is 45.1. The molecule has 3 aromatic carbocycles. The second-order valence-electron chi connectivity index (χ2n) is 17.4. The number of aryl methyl sites for hydroxylation is 2. The van der Waals surface area contributed by atoms with Gasteiger partial charge >= 0.3 is 0 Å². The number of carbonyl (C=O) groups is 1. The van der Waals surface area contributed by atoms with E-state index in [4.69, 9.17) is 9.40 Å². The van der Waals surface area contributed by atoms with Gasteiger partial charge in [0.15, 0.2) is 5.78 Å². The molecule has 4 nitrogen and oxygen atoms in total. The van der Waals surface area contributed by atoms with Crippen LogP contribution in [-0.2, 0) is 36.7 Å². The first-order valence-electron chi connectivity index (χ1n) is 20.2. The number of thiophene rings is 1. The third-order valence-corrected chi connectivity index (χ3v) is 13.5. The Balaban J connectivity index is 0.000000330. The summed E-state index contributed by atoms with van der Waals surface area (Å²) in [5.41, 5.74) is 7.63. The summed E-state index contributed by atoms with van der Waals surface area (Å²) < 4.78 is 7.38. The number of allylic oxidation sites excluding steroid dienone is 2.